The van der Waals surface area contributed by atoms with Gasteiger partial charge in [0.1, 0.15) is 0 Å². The van der Waals surface area contributed by atoms with Crippen LogP contribution in [0.4, 0.5) is 0 Å². The summed E-state index contributed by atoms with van der Waals surface area (Å²) in [7, 11) is 0. The zero-order valence-corrected chi connectivity index (χ0v) is 13.5. The summed E-state index contributed by atoms with van der Waals surface area (Å²) in [4.78, 5) is 0.530. The van der Waals surface area contributed by atoms with Crippen molar-refractivity contribution < 1.29 is 0 Å². The van der Waals surface area contributed by atoms with Crippen LogP contribution in [0, 0.1) is 5.92 Å². The Morgan fingerprint density at radius 2 is 1.61 bits per heavy atom. The smallest absolute Gasteiger partial charge is 0.0395 e. The van der Waals surface area contributed by atoms with Crippen molar-refractivity contribution >= 4 is 15.9 Å². The van der Waals surface area contributed by atoms with E-state index >= 15 is 0 Å². The van der Waals surface area contributed by atoms with E-state index in [4.69, 9.17) is 0 Å². The molecule has 0 heterocycles. The van der Waals surface area contributed by atoms with Gasteiger partial charge < -0.3 is 0 Å². The second kappa shape index (κ2) is 9.61. The van der Waals surface area contributed by atoms with E-state index in [0.29, 0.717) is 4.83 Å². The molecular weight excluding hydrogens is 284 g/mol. The van der Waals surface area contributed by atoms with Gasteiger partial charge in [0.05, 0.1) is 0 Å². The molecule has 0 aromatic heterocycles. The van der Waals surface area contributed by atoms with Crippen molar-refractivity contribution in [3.05, 3.63) is 35.9 Å². The van der Waals surface area contributed by atoms with Gasteiger partial charge >= 0.3 is 0 Å². The summed E-state index contributed by atoms with van der Waals surface area (Å²) in [5.74, 6) is 0.945. The Labute approximate surface area is 121 Å². The highest BCUT2D eigenvalue weighted by atomic mass is 79.9. The van der Waals surface area contributed by atoms with Gasteiger partial charge in [-0.25, -0.2) is 0 Å². The standard InChI is InChI=1S/C17H27Br/c1-3-5-10-15(4-2)11-9-14-17(18)16-12-7-6-8-13-16/h6-8,12-13,15,17H,3-5,9-11,14H2,1-2H3. The average molecular weight is 311 g/mol. The Hall–Kier alpha value is -0.300. The maximum atomic E-state index is 3.81. The fourth-order valence-corrected chi connectivity index (χ4v) is 3.09. The Bertz CT molecular complexity index is 294. The molecule has 0 N–H and O–H groups in total. The molecule has 0 aliphatic heterocycles. The molecule has 0 fully saturated rings. The molecule has 0 spiro atoms. The lowest BCUT2D eigenvalue weighted by Crippen LogP contribution is -2.00. The average Bonchev–Trinajstić information content (AvgIpc) is 2.43. The maximum absolute atomic E-state index is 3.81. The van der Waals surface area contributed by atoms with Crippen LogP contribution in [0.3, 0.4) is 0 Å². The predicted molar refractivity (Wildman–Crippen MR) is 85.3 cm³/mol. The number of alkyl halides is 1. The molecule has 1 aromatic rings. The van der Waals surface area contributed by atoms with Gasteiger partial charge in [0, 0.05) is 4.83 Å². The predicted octanol–water partition coefficient (Wildman–Crippen LogP) is 6.51. The van der Waals surface area contributed by atoms with Gasteiger partial charge in [0.15, 0.2) is 0 Å². The van der Waals surface area contributed by atoms with Crippen LogP contribution in [-0.4, -0.2) is 0 Å². The van der Waals surface area contributed by atoms with E-state index in [1.54, 1.807) is 0 Å². The molecule has 1 aromatic carbocycles. The lowest BCUT2D eigenvalue weighted by molar-refractivity contribution is 0.404. The third-order valence-corrected chi connectivity index (χ3v) is 4.76. The van der Waals surface area contributed by atoms with Gasteiger partial charge in [-0.3, -0.25) is 0 Å². The lowest BCUT2D eigenvalue weighted by Gasteiger charge is -2.15. The van der Waals surface area contributed by atoms with Crippen molar-refractivity contribution in [3.63, 3.8) is 0 Å². The van der Waals surface area contributed by atoms with Crippen molar-refractivity contribution in [2.75, 3.05) is 0 Å². The molecule has 0 aliphatic carbocycles. The summed E-state index contributed by atoms with van der Waals surface area (Å²) in [6.07, 6.45) is 9.49. The van der Waals surface area contributed by atoms with Crippen LogP contribution in [-0.2, 0) is 0 Å². The minimum Gasteiger partial charge on any atom is -0.0839 e. The summed E-state index contributed by atoms with van der Waals surface area (Å²) >= 11 is 3.81. The van der Waals surface area contributed by atoms with E-state index in [9.17, 15) is 0 Å². The first-order valence-corrected chi connectivity index (χ1v) is 8.38. The van der Waals surface area contributed by atoms with Gasteiger partial charge in [0.25, 0.3) is 0 Å². The van der Waals surface area contributed by atoms with E-state index in [1.807, 2.05) is 0 Å². The van der Waals surface area contributed by atoms with Crippen LogP contribution >= 0.6 is 15.9 Å². The summed E-state index contributed by atoms with van der Waals surface area (Å²) in [5, 5.41) is 0. The Morgan fingerprint density at radius 1 is 0.944 bits per heavy atom. The summed E-state index contributed by atoms with van der Waals surface area (Å²) in [5.41, 5.74) is 1.42. The van der Waals surface area contributed by atoms with E-state index in [0.717, 1.165) is 5.92 Å². The summed E-state index contributed by atoms with van der Waals surface area (Å²) in [6.45, 7) is 4.62. The van der Waals surface area contributed by atoms with Gasteiger partial charge in [-0.2, -0.15) is 0 Å². The number of halogens is 1. The molecule has 2 unspecified atom stereocenters. The maximum Gasteiger partial charge on any atom is 0.0395 e. The first kappa shape index (κ1) is 15.8. The largest absolute Gasteiger partial charge is 0.0839 e. The Balaban J connectivity index is 2.24. The topological polar surface area (TPSA) is 0 Å². The third kappa shape index (κ3) is 6.04. The van der Waals surface area contributed by atoms with Crippen LogP contribution in [0.25, 0.3) is 0 Å². The molecule has 0 nitrogen and oxygen atoms in total. The second-order valence-corrected chi connectivity index (χ2v) is 6.33. The zero-order chi connectivity index (χ0) is 13.2. The molecule has 0 radical (unpaired) electrons. The first-order chi connectivity index (χ1) is 8.77. The van der Waals surface area contributed by atoms with Crippen LogP contribution in [0.15, 0.2) is 30.3 Å². The number of rotatable bonds is 9. The highest BCUT2D eigenvalue weighted by Crippen LogP contribution is 2.30. The van der Waals surface area contributed by atoms with Crippen molar-refractivity contribution in [1.29, 1.82) is 0 Å². The quantitative estimate of drug-likeness (QED) is 0.456. The van der Waals surface area contributed by atoms with Crippen LogP contribution < -0.4 is 0 Å². The van der Waals surface area contributed by atoms with Crippen molar-refractivity contribution in [1.82, 2.24) is 0 Å². The second-order valence-electron chi connectivity index (χ2n) is 5.23. The Kier molecular flexibility index (Phi) is 8.41. The molecule has 1 heteroatoms. The minimum atomic E-state index is 0.530. The van der Waals surface area contributed by atoms with Crippen molar-refractivity contribution in [2.45, 2.75) is 63.6 Å². The molecule has 0 aliphatic rings. The molecule has 2 atom stereocenters. The van der Waals surface area contributed by atoms with E-state index < -0.39 is 0 Å². The highest BCUT2D eigenvalue weighted by Gasteiger charge is 2.09. The molecule has 18 heavy (non-hydrogen) atoms. The monoisotopic (exact) mass is 310 g/mol. The number of benzene rings is 1. The van der Waals surface area contributed by atoms with Crippen molar-refractivity contribution in [2.24, 2.45) is 5.92 Å². The van der Waals surface area contributed by atoms with Gasteiger partial charge in [-0.15, -0.1) is 0 Å². The molecule has 0 amide bonds. The minimum absolute atomic E-state index is 0.530. The third-order valence-electron chi connectivity index (χ3n) is 3.77. The first-order valence-electron chi connectivity index (χ1n) is 7.46. The fraction of sp³-hybridized carbons (Fsp3) is 0.647. The molecule has 1 rings (SSSR count). The van der Waals surface area contributed by atoms with Crippen LogP contribution in [0.5, 0.6) is 0 Å². The Morgan fingerprint density at radius 3 is 2.22 bits per heavy atom. The fourth-order valence-electron chi connectivity index (χ4n) is 2.46. The SMILES string of the molecule is CCCCC(CC)CCCC(Br)c1ccccc1. The normalized spacial score (nSPS) is 14.4. The van der Waals surface area contributed by atoms with E-state index in [-0.39, 0.29) is 0 Å². The summed E-state index contributed by atoms with van der Waals surface area (Å²) < 4.78 is 0. The van der Waals surface area contributed by atoms with Gasteiger partial charge in [0.2, 0.25) is 0 Å². The van der Waals surface area contributed by atoms with Gasteiger partial charge in [-0.05, 0) is 17.9 Å². The zero-order valence-electron chi connectivity index (χ0n) is 11.9. The molecule has 0 bridgehead atoms. The van der Waals surface area contributed by atoms with Crippen molar-refractivity contribution in [3.8, 4) is 0 Å². The van der Waals surface area contributed by atoms with E-state index in [2.05, 4.69) is 60.1 Å². The number of unbranched alkanes of at least 4 members (excludes halogenated alkanes) is 1. The molecule has 0 saturated heterocycles. The van der Waals surface area contributed by atoms with E-state index in [1.165, 1.54) is 50.5 Å². The van der Waals surface area contributed by atoms with Gasteiger partial charge in [-0.1, -0.05) is 98.6 Å². The van der Waals surface area contributed by atoms with Crippen LogP contribution in [0.2, 0.25) is 0 Å². The number of hydrogen-bond acceptors (Lipinski definition) is 0. The molecular formula is C17H27Br. The molecule has 0 saturated carbocycles. The number of hydrogen-bond donors (Lipinski definition) is 0. The molecule has 102 valence electrons. The lowest BCUT2D eigenvalue weighted by atomic mass is 9.93. The summed E-state index contributed by atoms with van der Waals surface area (Å²) in [6, 6.07) is 10.8. The van der Waals surface area contributed by atoms with Crippen LogP contribution in [0.1, 0.15) is 69.2 Å². The highest BCUT2D eigenvalue weighted by molar-refractivity contribution is 9.09.